The van der Waals surface area contributed by atoms with Crippen molar-refractivity contribution in [1.82, 2.24) is 5.32 Å². The van der Waals surface area contributed by atoms with Crippen molar-refractivity contribution in [3.8, 4) is 0 Å². The fourth-order valence-corrected chi connectivity index (χ4v) is 1.75. The van der Waals surface area contributed by atoms with E-state index in [1.807, 2.05) is 0 Å². The molecule has 0 aliphatic carbocycles. The maximum absolute atomic E-state index is 11.6. The molecule has 2 N–H and O–H groups in total. The third-order valence-corrected chi connectivity index (χ3v) is 2.86. The summed E-state index contributed by atoms with van der Waals surface area (Å²) in [4.78, 5) is 22.3. The van der Waals surface area contributed by atoms with Gasteiger partial charge in [0, 0.05) is 12.6 Å². The molecule has 0 unspecified atom stereocenters. The van der Waals surface area contributed by atoms with Crippen molar-refractivity contribution in [2.24, 2.45) is 0 Å². The van der Waals surface area contributed by atoms with Crippen LogP contribution in [-0.2, 0) is 11.2 Å². The summed E-state index contributed by atoms with van der Waals surface area (Å²) in [6, 6.07) is 10.1. The number of hydrogen-bond acceptors (Lipinski definition) is 3. The van der Waals surface area contributed by atoms with Gasteiger partial charge < -0.3 is 14.8 Å². The molecule has 0 bridgehead atoms. The van der Waals surface area contributed by atoms with Gasteiger partial charge >= 0.3 is 5.97 Å². The molecule has 0 saturated heterocycles. The van der Waals surface area contributed by atoms with Crippen LogP contribution in [0.5, 0.6) is 0 Å². The van der Waals surface area contributed by atoms with Crippen LogP contribution in [0.2, 0.25) is 0 Å². The Morgan fingerprint density at radius 3 is 2.57 bits per heavy atom. The molecule has 5 heteroatoms. The first-order valence-corrected chi connectivity index (χ1v) is 6.47. The second-order valence-corrected chi connectivity index (χ2v) is 4.39. The Labute approximate surface area is 121 Å². The molecular weight excluding hydrogens is 270 g/mol. The zero-order chi connectivity index (χ0) is 15.1. The van der Waals surface area contributed by atoms with Crippen molar-refractivity contribution in [2.75, 3.05) is 6.54 Å². The lowest BCUT2D eigenvalue weighted by Gasteiger charge is -2.03. The number of carbonyl (C=O) groups excluding carboxylic acids is 1. The Morgan fingerprint density at radius 1 is 1.19 bits per heavy atom. The topological polar surface area (TPSA) is 79.5 Å². The Balaban J connectivity index is 1.76. The van der Waals surface area contributed by atoms with Gasteiger partial charge in [-0.25, -0.2) is 4.79 Å². The monoisotopic (exact) mass is 285 g/mol. The fraction of sp³-hybridized carbons (Fsp3) is 0.125. The molecule has 1 aromatic carbocycles. The van der Waals surface area contributed by atoms with Gasteiger partial charge in [-0.2, -0.15) is 0 Å². The molecule has 0 aliphatic rings. The number of carbonyl (C=O) groups is 2. The molecule has 0 atom stereocenters. The summed E-state index contributed by atoms with van der Waals surface area (Å²) in [5, 5.41) is 11.5. The van der Waals surface area contributed by atoms with Gasteiger partial charge in [0.25, 0.3) is 0 Å². The number of carboxylic acids is 1. The second kappa shape index (κ2) is 7.09. The molecule has 1 heterocycles. The number of furan rings is 1. The molecule has 1 amide bonds. The normalized spacial score (nSPS) is 10.7. The quantitative estimate of drug-likeness (QED) is 0.798. The minimum absolute atomic E-state index is 0.200. The summed E-state index contributed by atoms with van der Waals surface area (Å²) in [6.45, 7) is 0.480. The summed E-state index contributed by atoms with van der Waals surface area (Å²) in [5.74, 6) is -0.527. The summed E-state index contributed by atoms with van der Waals surface area (Å²) in [5.41, 5.74) is 1.22. The molecule has 0 fully saturated rings. The average molecular weight is 285 g/mol. The van der Waals surface area contributed by atoms with E-state index in [1.54, 1.807) is 48.7 Å². The van der Waals surface area contributed by atoms with Crippen molar-refractivity contribution in [3.63, 3.8) is 0 Å². The number of amides is 1. The highest BCUT2D eigenvalue weighted by Gasteiger charge is 2.02. The van der Waals surface area contributed by atoms with Crippen LogP contribution in [0, 0.1) is 0 Å². The second-order valence-electron chi connectivity index (χ2n) is 4.39. The number of rotatable bonds is 6. The summed E-state index contributed by atoms with van der Waals surface area (Å²) < 4.78 is 5.07. The predicted octanol–water partition coefficient (Wildman–Crippen LogP) is 2.35. The maximum atomic E-state index is 11.6. The molecule has 21 heavy (non-hydrogen) atoms. The van der Waals surface area contributed by atoms with E-state index in [0.717, 1.165) is 5.56 Å². The van der Waals surface area contributed by atoms with Crippen LogP contribution in [-0.4, -0.2) is 23.5 Å². The minimum atomic E-state index is -0.946. The summed E-state index contributed by atoms with van der Waals surface area (Å²) >= 11 is 0. The number of carboxylic acid groups (broad SMARTS) is 1. The van der Waals surface area contributed by atoms with Gasteiger partial charge in [0.05, 0.1) is 11.8 Å². The largest absolute Gasteiger partial charge is 0.478 e. The molecule has 1 aromatic heterocycles. The van der Waals surface area contributed by atoms with Crippen molar-refractivity contribution in [3.05, 3.63) is 65.6 Å². The van der Waals surface area contributed by atoms with Gasteiger partial charge in [-0.15, -0.1) is 0 Å². The lowest BCUT2D eigenvalue weighted by Crippen LogP contribution is -2.23. The third kappa shape index (κ3) is 4.65. The first kappa shape index (κ1) is 14.6. The lowest BCUT2D eigenvalue weighted by atomic mass is 10.1. The van der Waals surface area contributed by atoms with Gasteiger partial charge in [-0.1, -0.05) is 12.1 Å². The van der Waals surface area contributed by atoms with E-state index in [9.17, 15) is 9.59 Å². The molecule has 2 aromatic rings. The zero-order valence-electron chi connectivity index (χ0n) is 11.3. The van der Waals surface area contributed by atoms with E-state index in [4.69, 9.17) is 9.52 Å². The summed E-state index contributed by atoms with van der Waals surface area (Å²) in [6.07, 6.45) is 5.18. The smallest absolute Gasteiger partial charge is 0.335 e. The van der Waals surface area contributed by atoms with Crippen LogP contribution in [0.4, 0.5) is 0 Å². The van der Waals surface area contributed by atoms with Gasteiger partial charge in [-0.05, 0) is 42.3 Å². The summed E-state index contributed by atoms with van der Waals surface area (Å²) in [7, 11) is 0. The standard InChI is InChI=1S/C16H15NO4/c18-15(8-7-14-2-1-11-21-14)17-10-9-12-3-5-13(6-4-12)16(19)20/h1-8,11H,9-10H2,(H,17,18)(H,19,20)/b8-7+. The Bertz CT molecular complexity index is 627. The molecule has 0 aliphatic heterocycles. The third-order valence-electron chi connectivity index (χ3n) is 2.86. The fourth-order valence-electron chi connectivity index (χ4n) is 1.75. The molecule has 108 valence electrons. The minimum Gasteiger partial charge on any atom is -0.478 e. The van der Waals surface area contributed by atoms with Crippen LogP contribution >= 0.6 is 0 Å². The van der Waals surface area contributed by atoms with E-state index < -0.39 is 5.97 Å². The Hall–Kier alpha value is -2.82. The highest BCUT2D eigenvalue weighted by Crippen LogP contribution is 2.05. The molecule has 0 spiro atoms. The zero-order valence-corrected chi connectivity index (χ0v) is 11.3. The molecule has 2 rings (SSSR count). The van der Waals surface area contributed by atoms with Gasteiger partial charge in [0.1, 0.15) is 5.76 Å². The first-order valence-electron chi connectivity index (χ1n) is 6.47. The van der Waals surface area contributed by atoms with Crippen molar-refractivity contribution in [2.45, 2.75) is 6.42 Å². The van der Waals surface area contributed by atoms with Crippen LogP contribution in [0.1, 0.15) is 21.7 Å². The maximum Gasteiger partial charge on any atom is 0.335 e. The average Bonchev–Trinajstić information content (AvgIpc) is 2.99. The van der Waals surface area contributed by atoms with Crippen LogP contribution < -0.4 is 5.32 Å². The number of hydrogen-bond donors (Lipinski definition) is 2. The van der Waals surface area contributed by atoms with E-state index >= 15 is 0 Å². The van der Waals surface area contributed by atoms with Gasteiger partial charge in [-0.3, -0.25) is 4.79 Å². The number of nitrogens with one attached hydrogen (secondary N) is 1. The molecule has 5 nitrogen and oxygen atoms in total. The van der Waals surface area contributed by atoms with Gasteiger partial charge in [0.15, 0.2) is 0 Å². The molecule has 0 radical (unpaired) electrons. The van der Waals surface area contributed by atoms with Crippen LogP contribution in [0.25, 0.3) is 6.08 Å². The molecule has 0 saturated carbocycles. The number of aromatic carboxylic acids is 1. The van der Waals surface area contributed by atoms with Gasteiger partial charge in [0.2, 0.25) is 5.91 Å². The molecular formula is C16H15NO4. The van der Waals surface area contributed by atoms with Crippen molar-refractivity contribution in [1.29, 1.82) is 0 Å². The number of benzene rings is 1. The highest BCUT2D eigenvalue weighted by atomic mass is 16.4. The van der Waals surface area contributed by atoms with Crippen molar-refractivity contribution >= 4 is 18.0 Å². The van der Waals surface area contributed by atoms with Crippen LogP contribution in [0.3, 0.4) is 0 Å². The Morgan fingerprint density at radius 2 is 1.95 bits per heavy atom. The lowest BCUT2D eigenvalue weighted by molar-refractivity contribution is -0.116. The first-order chi connectivity index (χ1) is 10.1. The predicted molar refractivity (Wildman–Crippen MR) is 77.9 cm³/mol. The van der Waals surface area contributed by atoms with E-state index in [0.29, 0.717) is 18.7 Å². The highest BCUT2D eigenvalue weighted by molar-refractivity contribution is 5.91. The van der Waals surface area contributed by atoms with Crippen molar-refractivity contribution < 1.29 is 19.1 Å². The van der Waals surface area contributed by atoms with E-state index in [-0.39, 0.29) is 11.5 Å². The van der Waals surface area contributed by atoms with E-state index in [2.05, 4.69) is 5.32 Å². The SMILES string of the molecule is O=C(/C=C/c1ccco1)NCCc1ccc(C(=O)O)cc1. The Kier molecular flexibility index (Phi) is 4.93. The van der Waals surface area contributed by atoms with Crippen LogP contribution in [0.15, 0.2) is 53.2 Å². The van der Waals surface area contributed by atoms with E-state index in [1.165, 1.54) is 6.08 Å².